The van der Waals surface area contributed by atoms with E-state index in [1.54, 1.807) is 0 Å². The van der Waals surface area contributed by atoms with Crippen LogP contribution in [0.15, 0.2) is 11.6 Å². The molecule has 6 heteroatoms. The first-order chi connectivity index (χ1) is 9.01. The number of aliphatic hydroxyl groups is 1. The summed E-state index contributed by atoms with van der Waals surface area (Å²) in [6, 6.07) is -0.189. The van der Waals surface area contributed by atoms with Gasteiger partial charge in [-0.05, 0) is 12.8 Å². The number of amides is 1. The van der Waals surface area contributed by atoms with Crippen LogP contribution in [0.25, 0.3) is 4.96 Å². The molecule has 2 aromatic rings. The van der Waals surface area contributed by atoms with E-state index in [0.717, 1.165) is 16.3 Å². The monoisotopic (exact) mass is 281 g/mol. The molecule has 2 aromatic heterocycles. The van der Waals surface area contributed by atoms with Gasteiger partial charge in [0.2, 0.25) is 5.91 Å². The van der Waals surface area contributed by atoms with E-state index in [1.807, 2.05) is 36.7 Å². The maximum atomic E-state index is 12.0. The number of aryl methyl sites for hydroxylation is 1. The number of aromatic nitrogens is 2. The first-order valence-electron chi connectivity index (χ1n) is 6.33. The molecule has 2 heterocycles. The summed E-state index contributed by atoms with van der Waals surface area (Å²) in [7, 11) is 0. The highest BCUT2D eigenvalue weighted by Crippen LogP contribution is 2.17. The van der Waals surface area contributed by atoms with Crippen LogP contribution in [-0.4, -0.2) is 33.0 Å². The normalized spacial score (nSPS) is 13.1. The Labute approximate surface area is 116 Å². The molecule has 0 spiro atoms. The summed E-state index contributed by atoms with van der Waals surface area (Å²) < 4.78 is 1.95. The molecule has 0 radical (unpaired) electrons. The van der Waals surface area contributed by atoms with Gasteiger partial charge < -0.3 is 10.4 Å². The molecule has 0 aliphatic heterocycles. The lowest BCUT2D eigenvalue weighted by atomic mass is 10.1. The van der Waals surface area contributed by atoms with Crippen molar-refractivity contribution in [2.75, 3.05) is 6.61 Å². The fourth-order valence-corrected chi connectivity index (χ4v) is 2.83. The molecule has 0 unspecified atom stereocenters. The summed E-state index contributed by atoms with van der Waals surface area (Å²) in [5, 5.41) is 14.0. The van der Waals surface area contributed by atoms with E-state index in [1.165, 1.54) is 11.3 Å². The molecule has 0 fully saturated rings. The SMILES string of the molecule is Cc1cn2c(CC(=O)N[C@H](CO)C(C)C)csc2n1. The van der Waals surface area contributed by atoms with E-state index in [9.17, 15) is 9.90 Å². The van der Waals surface area contributed by atoms with Crippen LogP contribution in [0.2, 0.25) is 0 Å². The first kappa shape index (κ1) is 14.0. The Morgan fingerprint density at radius 2 is 2.32 bits per heavy atom. The topological polar surface area (TPSA) is 66.6 Å². The highest BCUT2D eigenvalue weighted by atomic mass is 32.1. The fraction of sp³-hybridized carbons (Fsp3) is 0.538. The van der Waals surface area contributed by atoms with Gasteiger partial charge in [0.15, 0.2) is 4.96 Å². The van der Waals surface area contributed by atoms with Gasteiger partial charge in [0, 0.05) is 17.3 Å². The molecule has 0 aromatic carbocycles. The standard InChI is InChI=1S/C13H19N3O2S/c1-8(2)11(6-17)15-12(18)4-10-7-19-13-14-9(3)5-16(10)13/h5,7-8,11,17H,4,6H2,1-3H3,(H,15,18)/t11-/m1/s1. The molecule has 0 saturated heterocycles. The number of nitrogens with one attached hydrogen (secondary N) is 1. The minimum atomic E-state index is -0.189. The number of carbonyl (C=O) groups excluding carboxylic acids is 1. The number of nitrogens with zero attached hydrogens (tertiary/aromatic N) is 2. The molecular formula is C13H19N3O2S. The summed E-state index contributed by atoms with van der Waals surface area (Å²) in [6.07, 6.45) is 2.24. The third-order valence-electron chi connectivity index (χ3n) is 3.09. The van der Waals surface area contributed by atoms with Crippen molar-refractivity contribution in [3.63, 3.8) is 0 Å². The van der Waals surface area contributed by atoms with Gasteiger partial charge in [0.1, 0.15) is 0 Å². The summed E-state index contributed by atoms with van der Waals surface area (Å²) in [4.78, 5) is 17.2. The van der Waals surface area contributed by atoms with Crippen molar-refractivity contribution < 1.29 is 9.90 Å². The number of hydrogen-bond donors (Lipinski definition) is 2. The minimum Gasteiger partial charge on any atom is -0.394 e. The predicted octanol–water partition coefficient (Wildman–Crippen LogP) is 1.38. The van der Waals surface area contributed by atoms with Crippen LogP contribution in [0.4, 0.5) is 0 Å². The molecule has 104 valence electrons. The zero-order valence-corrected chi connectivity index (χ0v) is 12.2. The molecule has 0 aliphatic rings. The molecule has 1 amide bonds. The van der Waals surface area contributed by atoms with E-state index in [-0.39, 0.29) is 24.5 Å². The lowest BCUT2D eigenvalue weighted by Crippen LogP contribution is -2.41. The van der Waals surface area contributed by atoms with Crippen molar-refractivity contribution in [3.8, 4) is 0 Å². The lowest BCUT2D eigenvalue weighted by molar-refractivity contribution is -0.121. The van der Waals surface area contributed by atoms with E-state index in [4.69, 9.17) is 0 Å². The third-order valence-corrected chi connectivity index (χ3v) is 3.98. The zero-order chi connectivity index (χ0) is 14.0. The van der Waals surface area contributed by atoms with Gasteiger partial charge in [-0.25, -0.2) is 4.98 Å². The summed E-state index contributed by atoms with van der Waals surface area (Å²) in [6.45, 7) is 5.85. The van der Waals surface area contributed by atoms with E-state index >= 15 is 0 Å². The number of fused-ring (bicyclic) bond motifs is 1. The van der Waals surface area contributed by atoms with Crippen LogP contribution < -0.4 is 5.32 Å². The van der Waals surface area contributed by atoms with E-state index in [0.29, 0.717) is 6.42 Å². The average Bonchev–Trinajstić information content (AvgIpc) is 2.86. The van der Waals surface area contributed by atoms with E-state index < -0.39 is 0 Å². The van der Waals surface area contributed by atoms with Crippen LogP contribution in [0.5, 0.6) is 0 Å². The van der Waals surface area contributed by atoms with Crippen molar-refractivity contribution in [1.82, 2.24) is 14.7 Å². The quantitative estimate of drug-likeness (QED) is 0.870. The highest BCUT2D eigenvalue weighted by Gasteiger charge is 2.16. The fourth-order valence-electron chi connectivity index (χ4n) is 1.91. The Morgan fingerprint density at radius 3 is 2.95 bits per heavy atom. The van der Waals surface area contributed by atoms with Gasteiger partial charge in [0.25, 0.3) is 0 Å². The van der Waals surface area contributed by atoms with E-state index in [2.05, 4.69) is 10.3 Å². The minimum absolute atomic E-state index is 0.0351. The van der Waals surface area contributed by atoms with Gasteiger partial charge in [-0.2, -0.15) is 0 Å². The average molecular weight is 281 g/mol. The molecule has 0 saturated carbocycles. The van der Waals surface area contributed by atoms with Gasteiger partial charge in [-0.3, -0.25) is 9.20 Å². The van der Waals surface area contributed by atoms with Crippen molar-refractivity contribution in [3.05, 3.63) is 23.0 Å². The Hall–Kier alpha value is -1.40. The second-order valence-electron chi connectivity index (χ2n) is 5.04. The molecule has 5 nitrogen and oxygen atoms in total. The Morgan fingerprint density at radius 1 is 1.58 bits per heavy atom. The molecule has 1 atom stereocenters. The maximum Gasteiger partial charge on any atom is 0.226 e. The number of thiazole rings is 1. The van der Waals surface area contributed by atoms with Crippen molar-refractivity contribution in [1.29, 1.82) is 0 Å². The number of aliphatic hydroxyl groups excluding tert-OH is 1. The van der Waals surface area contributed by atoms with Crippen molar-refractivity contribution in [2.24, 2.45) is 5.92 Å². The second-order valence-corrected chi connectivity index (χ2v) is 5.88. The van der Waals surface area contributed by atoms with Gasteiger partial charge >= 0.3 is 0 Å². The lowest BCUT2D eigenvalue weighted by Gasteiger charge is -2.19. The van der Waals surface area contributed by atoms with Gasteiger partial charge in [0.05, 0.1) is 24.8 Å². The van der Waals surface area contributed by atoms with Crippen LogP contribution in [0.1, 0.15) is 25.2 Å². The van der Waals surface area contributed by atoms with Crippen LogP contribution >= 0.6 is 11.3 Å². The van der Waals surface area contributed by atoms with Crippen LogP contribution in [0.3, 0.4) is 0 Å². The molecule has 0 bridgehead atoms. The second kappa shape index (κ2) is 5.71. The molecule has 2 rings (SSSR count). The third kappa shape index (κ3) is 3.13. The summed E-state index contributed by atoms with van der Waals surface area (Å²) in [5.74, 6) is 0.144. The number of carbonyl (C=O) groups is 1. The largest absolute Gasteiger partial charge is 0.394 e. The summed E-state index contributed by atoms with van der Waals surface area (Å²) in [5.41, 5.74) is 1.88. The Bertz CT molecular complexity index is 573. The predicted molar refractivity (Wildman–Crippen MR) is 75.4 cm³/mol. The maximum absolute atomic E-state index is 12.0. The van der Waals surface area contributed by atoms with Crippen LogP contribution in [-0.2, 0) is 11.2 Å². The van der Waals surface area contributed by atoms with Gasteiger partial charge in [-0.15, -0.1) is 11.3 Å². The number of rotatable bonds is 5. The van der Waals surface area contributed by atoms with Crippen molar-refractivity contribution in [2.45, 2.75) is 33.2 Å². The number of hydrogen-bond acceptors (Lipinski definition) is 4. The van der Waals surface area contributed by atoms with Crippen LogP contribution in [0, 0.1) is 12.8 Å². The molecule has 19 heavy (non-hydrogen) atoms. The van der Waals surface area contributed by atoms with Crippen molar-refractivity contribution >= 4 is 22.2 Å². The highest BCUT2D eigenvalue weighted by molar-refractivity contribution is 7.15. The zero-order valence-electron chi connectivity index (χ0n) is 11.4. The number of imidazole rings is 1. The Balaban J connectivity index is 2.06. The Kier molecular flexibility index (Phi) is 4.21. The van der Waals surface area contributed by atoms with Gasteiger partial charge in [-0.1, -0.05) is 13.8 Å². The molecular weight excluding hydrogens is 262 g/mol. The summed E-state index contributed by atoms with van der Waals surface area (Å²) >= 11 is 1.53. The smallest absolute Gasteiger partial charge is 0.226 e. The molecule has 2 N–H and O–H groups in total. The first-order valence-corrected chi connectivity index (χ1v) is 7.21. The molecule has 0 aliphatic carbocycles.